The third-order valence-corrected chi connectivity index (χ3v) is 3.70. The van der Waals surface area contributed by atoms with Gasteiger partial charge in [-0.25, -0.2) is 14.8 Å². The molecule has 29 heavy (non-hydrogen) atoms. The van der Waals surface area contributed by atoms with Crippen LogP contribution in [0.15, 0.2) is 67.2 Å². The second-order valence-electron chi connectivity index (χ2n) is 5.58. The monoisotopic (exact) mass is 389 g/mol. The van der Waals surface area contributed by atoms with Gasteiger partial charge in [-0.1, -0.05) is 30.3 Å². The van der Waals surface area contributed by atoms with Crippen molar-refractivity contribution < 1.29 is 24.1 Å². The Kier molecular flexibility index (Phi) is 6.02. The fourth-order valence-corrected chi connectivity index (χ4v) is 2.43. The Hall–Kier alpha value is -4.38. The van der Waals surface area contributed by atoms with Crippen LogP contribution >= 0.6 is 0 Å². The highest BCUT2D eigenvalue weighted by atomic mass is 16.5. The van der Waals surface area contributed by atoms with Crippen molar-refractivity contribution in [1.29, 1.82) is 5.26 Å². The van der Waals surface area contributed by atoms with Crippen molar-refractivity contribution in [2.24, 2.45) is 0 Å². The molecule has 144 valence electrons. The molecule has 0 bridgehead atoms. The summed E-state index contributed by atoms with van der Waals surface area (Å²) in [5, 5.41) is 18.6. The number of carboxylic acids is 1. The van der Waals surface area contributed by atoms with E-state index in [1.807, 2.05) is 6.07 Å². The van der Waals surface area contributed by atoms with E-state index in [1.165, 1.54) is 19.5 Å². The molecule has 0 aliphatic rings. The zero-order chi connectivity index (χ0) is 20.6. The van der Waals surface area contributed by atoms with Gasteiger partial charge < -0.3 is 19.3 Å². The average molecular weight is 389 g/mol. The second kappa shape index (κ2) is 9.01. The van der Waals surface area contributed by atoms with Crippen LogP contribution in [0.1, 0.15) is 11.1 Å². The Balaban J connectivity index is 1.89. The molecule has 0 unspecified atom stereocenters. The van der Waals surface area contributed by atoms with Gasteiger partial charge in [-0.3, -0.25) is 0 Å². The number of hydrogen-bond acceptors (Lipinski definition) is 7. The molecular weight excluding hydrogens is 374 g/mol. The molecule has 3 rings (SSSR count). The Morgan fingerprint density at radius 2 is 1.66 bits per heavy atom. The topological polar surface area (TPSA) is 115 Å². The summed E-state index contributed by atoms with van der Waals surface area (Å²) in [6, 6.07) is 16.8. The molecule has 3 aromatic rings. The van der Waals surface area contributed by atoms with Gasteiger partial charge in [0.2, 0.25) is 11.8 Å². The maximum Gasteiger partial charge on any atom is 0.339 e. The number of nitrogens with zero attached hydrogens (tertiary/aromatic N) is 3. The molecule has 0 radical (unpaired) electrons. The predicted molar refractivity (Wildman–Crippen MR) is 102 cm³/mol. The maximum absolute atomic E-state index is 11.5. The molecule has 0 spiro atoms. The first-order valence-corrected chi connectivity index (χ1v) is 8.35. The van der Waals surface area contributed by atoms with Crippen molar-refractivity contribution in [2.45, 2.75) is 0 Å². The fourth-order valence-electron chi connectivity index (χ4n) is 2.43. The minimum atomic E-state index is -1.16. The molecule has 0 aliphatic carbocycles. The number of carboxylic acid groups (broad SMARTS) is 1. The first-order valence-electron chi connectivity index (χ1n) is 8.35. The summed E-state index contributed by atoms with van der Waals surface area (Å²) >= 11 is 0. The number of carbonyl (C=O) groups is 1. The summed E-state index contributed by atoms with van der Waals surface area (Å²) in [7, 11) is 1.36. The SMILES string of the molecule is CO/C=C(\C(=O)O)c1ccccc1Oc1cc(Oc2ccccc2C#N)ncn1. The summed E-state index contributed by atoms with van der Waals surface area (Å²) in [6.07, 6.45) is 2.36. The molecule has 1 heterocycles. The number of ether oxygens (including phenoxy) is 3. The molecule has 0 aliphatic heterocycles. The van der Waals surface area contributed by atoms with Crippen molar-refractivity contribution in [3.05, 3.63) is 78.3 Å². The number of aromatic nitrogens is 2. The smallest absolute Gasteiger partial charge is 0.339 e. The zero-order valence-electron chi connectivity index (χ0n) is 15.3. The van der Waals surface area contributed by atoms with Gasteiger partial charge in [0.1, 0.15) is 29.5 Å². The predicted octanol–water partition coefficient (Wildman–Crippen LogP) is 4.00. The van der Waals surface area contributed by atoms with Crippen LogP contribution in [0.4, 0.5) is 0 Å². The molecule has 1 N–H and O–H groups in total. The van der Waals surface area contributed by atoms with Crippen LogP contribution < -0.4 is 9.47 Å². The molecule has 2 aromatic carbocycles. The van der Waals surface area contributed by atoms with Gasteiger partial charge in [0, 0.05) is 5.56 Å². The first kappa shape index (κ1) is 19.4. The summed E-state index contributed by atoms with van der Waals surface area (Å²) in [5.41, 5.74) is 0.601. The van der Waals surface area contributed by atoms with Crippen molar-refractivity contribution >= 4 is 11.5 Å². The van der Waals surface area contributed by atoms with Crippen molar-refractivity contribution in [1.82, 2.24) is 9.97 Å². The standard InChI is InChI=1S/C21H15N3O5/c1-27-12-16(21(25)26)15-7-3-5-9-18(15)29-20-10-19(23-13-24-20)28-17-8-4-2-6-14(17)11-22/h2-10,12-13H,1H3,(H,25,26)/b16-12-. The molecule has 0 fully saturated rings. The summed E-state index contributed by atoms with van der Waals surface area (Å²) in [5.74, 6) is -0.251. The lowest BCUT2D eigenvalue weighted by Gasteiger charge is -2.12. The normalized spacial score (nSPS) is 10.7. The van der Waals surface area contributed by atoms with Crippen LogP contribution in [-0.4, -0.2) is 28.2 Å². The van der Waals surface area contributed by atoms with Crippen LogP contribution in [0, 0.1) is 11.3 Å². The van der Waals surface area contributed by atoms with Gasteiger partial charge in [0.05, 0.1) is 25.0 Å². The van der Waals surface area contributed by atoms with E-state index in [-0.39, 0.29) is 23.1 Å². The lowest BCUT2D eigenvalue weighted by Crippen LogP contribution is -2.02. The summed E-state index contributed by atoms with van der Waals surface area (Å²) in [4.78, 5) is 19.6. The minimum Gasteiger partial charge on any atom is -0.503 e. The Bertz CT molecular complexity index is 1110. The zero-order valence-corrected chi connectivity index (χ0v) is 15.3. The van der Waals surface area contributed by atoms with Gasteiger partial charge in [-0.15, -0.1) is 0 Å². The van der Waals surface area contributed by atoms with E-state index in [2.05, 4.69) is 9.97 Å². The highest BCUT2D eigenvalue weighted by Crippen LogP contribution is 2.31. The molecule has 0 amide bonds. The van der Waals surface area contributed by atoms with Crippen LogP contribution in [0.3, 0.4) is 0 Å². The van der Waals surface area contributed by atoms with Crippen molar-refractivity contribution in [3.63, 3.8) is 0 Å². The number of para-hydroxylation sites is 2. The highest BCUT2D eigenvalue weighted by Gasteiger charge is 2.17. The summed E-state index contributed by atoms with van der Waals surface area (Å²) in [6.45, 7) is 0. The highest BCUT2D eigenvalue weighted by molar-refractivity contribution is 6.15. The molecule has 0 saturated carbocycles. The number of nitriles is 1. The number of aliphatic carboxylic acids is 1. The quantitative estimate of drug-likeness (QED) is 0.476. The van der Waals surface area contributed by atoms with E-state index in [0.717, 1.165) is 6.26 Å². The van der Waals surface area contributed by atoms with E-state index in [4.69, 9.17) is 19.5 Å². The van der Waals surface area contributed by atoms with Crippen molar-refractivity contribution in [2.75, 3.05) is 7.11 Å². The maximum atomic E-state index is 11.5. The summed E-state index contributed by atoms with van der Waals surface area (Å²) < 4.78 is 16.3. The lowest BCUT2D eigenvalue weighted by molar-refractivity contribution is -0.130. The number of hydrogen-bond donors (Lipinski definition) is 1. The number of benzene rings is 2. The van der Waals surface area contributed by atoms with E-state index in [9.17, 15) is 9.90 Å². The second-order valence-corrected chi connectivity index (χ2v) is 5.58. The van der Waals surface area contributed by atoms with Crippen LogP contribution in [0.5, 0.6) is 23.3 Å². The van der Waals surface area contributed by atoms with E-state index >= 15 is 0 Å². The Morgan fingerprint density at radius 1 is 1.03 bits per heavy atom. The minimum absolute atomic E-state index is 0.0726. The molecular formula is C21H15N3O5. The van der Waals surface area contributed by atoms with Crippen LogP contribution in [-0.2, 0) is 9.53 Å². The molecule has 8 nitrogen and oxygen atoms in total. The molecule has 1 aromatic heterocycles. The fraction of sp³-hybridized carbons (Fsp3) is 0.0476. The van der Waals surface area contributed by atoms with Gasteiger partial charge in [-0.05, 0) is 18.2 Å². The number of methoxy groups -OCH3 is 1. The first-order chi connectivity index (χ1) is 14.1. The van der Waals surface area contributed by atoms with Gasteiger partial charge in [0.15, 0.2) is 0 Å². The Labute approximate surface area is 166 Å². The largest absolute Gasteiger partial charge is 0.503 e. The third-order valence-electron chi connectivity index (χ3n) is 3.70. The lowest BCUT2D eigenvalue weighted by atomic mass is 10.1. The van der Waals surface area contributed by atoms with E-state index in [1.54, 1.807) is 48.5 Å². The Morgan fingerprint density at radius 3 is 2.31 bits per heavy atom. The third kappa shape index (κ3) is 4.67. The van der Waals surface area contributed by atoms with Crippen molar-refractivity contribution in [3.8, 4) is 29.3 Å². The van der Waals surface area contributed by atoms with Gasteiger partial charge in [0.25, 0.3) is 0 Å². The van der Waals surface area contributed by atoms with Crippen LogP contribution in [0.2, 0.25) is 0 Å². The molecule has 0 saturated heterocycles. The number of rotatable bonds is 7. The van der Waals surface area contributed by atoms with Crippen LogP contribution in [0.25, 0.3) is 5.57 Å². The van der Waals surface area contributed by atoms with E-state index in [0.29, 0.717) is 16.9 Å². The van der Waals surface area contributed by atoms with Gasteiger partial charge >= 0.3 is 5.97 Å². The molecule has 8 heteroatoms. The van der Waals surface area contributed by atoms with Gasteiger partial charge in [-0.2, -0.15) is 5.26 Å². The molecule has 0 atom stereocenters. The average Bonchev–Trinajstić information content (AvgIpc) is 2.73. The van der Waals surface area contributed by atoms with E-state index < -0.39 is 5.97 Å².